The maximum atomic E-state index is 12.9. The van der Waals surface area contributed by atoms with Crippen molar-refractivity contribution in [3.8, 4) is 0 Å². The highest BCUT2D eigenvalue weighted by molar-refractivity contribution is 6.30. The van der Waals surface area contributed by atoms with E-state index >= 15 is 0 Å². The Balaban J connectivity index is 1.38. The van der Waals surface area contributed by atoms with Crippen molar-refractivity contribution < 1.29 is 9.59 Å². The summed E-state index contributed by atoms with van der Waals surface area (Å²) in [7, 11) is 0. The smallest absolute Gasteiger partial charge is 0.253 e. The third-order valence-corrected chi connectivity index (χ3v) is 6.83. The van der Waals surface area contributed by atoms with E-state index in [-0.39, 0.29) is 23.9 Å². The van der Waals surface area contributed by atoms with Crippen LogP contribution >= 0.6 is 11.6 Å². The summed E-state index contributed by atoms with van der Waals surface area (Å²) in [6.45, 7) is 2.73. The van der Waals surface area contributed by atoms with Gasteiger partial charge < -0.3 is 26.6 Å². The molecule has 1 saturated carbocycles. The van der Waals surface area contributed by atoms with Crippen LogP contribution in [0.4, 0.5) is 11.4 Å². The highest BCUT2D eigenvalue weighted by atomic mass is 35.5. The number of halogens is 1. The molecule has 0 spiro atoms. The largest absolute Gasteiger partial charge is 0.397 e. The number of nitrogen functional groups attached to an aromatic ring is 1. The van der Waals surface area contributed by atoms with Crippen LogP contribution in [0.2, 0.25) is 5.02 Å². The number of carbonyl (C=O) groups excluding carboxylic acids is 2. The van der Waals surface area contributed by atoms with Gasteiger partial charge in [0, 0.05) is 54.4 Å². The second-order valence-electron chi connectivity index (χ2n) is 9.00. The SMILES string of the molecule is Nc1cc(C(=O)NC2CCC(N)CC2)ccc1N1CCCN(C(=O)c2cccc(Cl)c2)CC1. The number of hydrogen-bond donors (Lipinski definition) is 3. The number of nitrogens with one attached hydrogen (secondary N) is 1. The standard InChI is InChI=1S/C25H32ClN5O2/c26-19-4-1-3-18(15-19)25(33)31-12-2-11-30(13-14-31)23-10-5-17(16-22(23)28)24(32)29-21-8-6-20(27)7-9-21/h1,3-5,10,15-16,20-21H,2,6-9,11-14,27-28H2,(H,29,32). The van der Waals surface area contributed by atoms with Gasteiger partial charge in [-0.2, -0.15) is 0 Å². The van der Waals surface area contributed by atoms with E-state index in [9.17, 15) is 9.59 Å². The van der Waals surface area contributed by atoms with Crippen molar-refractivity contribution in [2.45, 2.75) is 44.2 Å². The highest BCUT2D eigenvalue weighted by Gasteiger charge is 2.23. The minimum Gasteiger partial charge on any atom is -0.397 e. The van der Waals surface area contributed by atoms with E-state index in [0.717, 1.165) is 44.3 Å². The molecule has 1 aliphatic carbocycles. The summed E-state index contributed by atoms with van der Waals surface area (Å²) in [5.74, 6) is -0.106. The molecule has 2 fully saturated rings. The van der Waals surface area contributed by atoms with Gasteiger partial charge in [0.05, 0.1) is 11.4 Å². The fourth-order valence-electron chi connectivity index (χ4n) is 4.68. The molecule has 176 valence electrons. The van der Waals surface area contributed by atoms with Crippen molar-refractivity contribution in [1.29, 1.82) is 0 Å². The van der Waals surface area contributed by atoms with Crippen molar-refractivity contribution in [2.24, 2.45) is 5.73 Å². The summed E-state index contributed by atoms with van der Waals surface area (Å²) in [6, 6.07) is 13.0. The molecule has 2 amide bonds. The lowest BCUT2D eigenvalue weighted by Gasteiger charge is -2.27. The predicted molar refractivity (Wildman–Crippen MR) is 133 cm³/mol. The number of amides is 2. The average molecular weight is 470 g/mol. The van der Waals surface area contributed by atoms with E-state index in [2.05, 4.69) is 10.2 Å². The molecule has 8 heteroatoms. The first kappa shape index (κ1) is 23.4. The molecule has 4 rings (SSSR count). The highest BCUT2D eigenvalue weighted by Crippen LogP contribution is 2.26. The van der Waals surface area contributed by atoms with E-state index in [0.29, 0.717) is 41.5 Å². The molecule has 7 nitrogen and oxygen atoms in total. The van der Waals surface area contributed by atoms with Crippen molar-refractivity contribution >= 4 is 34.8 Å². The Hall–Kier alpha value is -2.77. The van der Waals surface area contributed by atoms with Crippen LogP contribution in [0.15, 0.2) is 42.5 Å². The summed E-state index contributed by atoms with van der Waals surface area (Å²) in [6.07, 6.45) is 4.55. The Morgan fingerprint density at radius 2 is 1.73 bits per heavy atom. The van der Waals surface area contributed by atoms with E-state index < -0.39 is 0 Å². The fourth-order valence-corrected chi connectivity index (χ4v) is 4.87. The summed E-state index contributed by atoms with van der Waals surface area (Å²) in [4.78, 5) is 29.6. The Bertz CT molecular complexity index is 1010. The zero-order valence-corrected chi connectivity index (χ0v) is 19.6. The first-order chi connectivity index (χ1) is 15.9. The Morgan fingerprint density at radius 3 is 2.45 bits per heavy atom. The normalized spacial score (nSPS) is 21.4. The van der Waals surface area contributed by atoms with Crippen molar-refractivity contribution in [2.75, 3.05) is 36.8 Å². The summed E-state index contributed by atoms with van der Waals surface area (Å²) >= 11 is 6.05. The van der Waals surface area contributed by atoms with Crippen LogP contribution in [0, 0.1) is 0 Å². The molecular formula is C25H32ClN5O2. The number of nitrogens with zero attached hydrogens (tertiary/aromatic N) is 2. The quantitative estimate of drug-likeness (QED) is 0.596. The van der Waals surface area contributed by atoms with Crippen LogP contribution in [0.5, 0.6) is 0 Å². The number of hydrogen-bond acceptors (Lipinski definition) is 5. The van der Waals surface area contributed by atoms with Crippen LogP contribution in [0.1, 0.15) is 52.8 Å². The summed E-state index contributed by atoms with van der Waals surface area (Å²) in [5, 5.41) is 3.67. The fraction of sp³-hybridized carbons (Fsp3) is 0.440. The van der Waals surface area contributed by atoms with Gasteiger partial charge in [0.2, 0.25) is 0 Å². The van der Waals surface area contributed by atoms with Gasteiger partial charge >= 0.3 is 0 Å². The van der Waals surface area contributed by atoms with Crippen LogP contribution in [-0.4, -0.2) is 55.0 Å². The minimum atomic E-state index is -0.0946. The van der Waals surface area contributed by atoms with Crippen LogP contribution in [0.3, 0.4) is 0 Å². The zero-order chi connectivity index (χ0) is 23.4. The van der Waals surface area contributed by atoms with Crippen LogP contribution < -0.4 is 21.7 Å². The van der Waals surface area contributed by atoms with Crippen LogP contribution in [-0.2, 0) is 0 Å². The molecule has 2 aromatic rings. The van der Waals surface area contributed by atoms with Gasteiger partial charge in [0.1, 0.15) is 0 Å². The summed E-state index contributed by atoms with van der Waals surface area (Å²) in [5.41, 5.74) is 15.0. The van der Waals surface area contributed by atoms with E-state index in [1.165, 1.54) is 0 Å². The first-order valence-electron chi connectivity index (χ1n) is 11.7. The molecule has 1 saturated heterocycles. The topological polar surface area (TPSA) is 105 Å². The molecule has 0 atom stereocenters. The lowest BCUT2D eigenvalue weighted by atomic mass is 9.91. The third-order valence-electron chi connectivity index (χ3n) is 6.59. The molecule has 0 unspecified atom stereocenters. The van der Waals surface area contributed by atoms with Gasteiger partial charge in [-0.3, -0.25) is 9.59 Å². The van der Waals surface area contributed by atoms with Gasteiger partial charge in [0.25, 0.3) is 11.8 Å². The maximum Gasteiger partial charge on any atom is 0.253 e. The number of nitrogens with two attached hydrogens (primary N) is 2. The van der Waals surface area contributed by atoms with Crippen LogP contribution in [0.25, 0.3) is 0 Å². The monoisotopic (exact) mass is 469 g/mol. The van der Waals surface area contributed by atoms with E-state index in [4.69, 9.17) is 23.1 Å². The molecule has 0 radical (unpaired) electrons. The molecular weight excluding hydrogens is 438 g/mol. The van der Waals surface area contributed by atoms with Gasteiger partial charge in [-0.05, 0) is 68.5 Å². The third kappa shape index (κ3) is 5.78. The number of benzene rings is 2. The van der Waals surface area contributed by atoms with E-state index in [1.807, 2.05) is 17.0 Å². The van der Waals surface area contributed by atoms with Crippen molar-refractivity contribution in [3.63, 3.8) is 0 Å². The lowest BCUT2D eigenvalue weighted by molar-refractivity contribution is 0.0766. The molecule has 1 heterocycles. The Kier molecular flexibility index (Phi) is 7.40. The maximum absolute atomic E-state index is 12.9. The molecule has 0 bridgehead atoms. The van der Waals surface area contributed by atoms with Gasteiger partial charge in [0.15, 0.2) is 0 Å². The Morgan fingerprint density at radius 1 is 0.939 bits per heavy atom. The first-order valence-corrected chi connectivity index (χ1v) is 12.0. The second kappa shape index (κ2) is 10.4. The second-order valence-corrected chi connectivity index (χ2v) is 9.44. The van der Waals surface area contributed by atoms with Gasteiger partial charge in [-0.15, -0.1) is 0 Å². The average Bonchev–Trinajstić information content (AvgIpc) is 3.06. The number of rotatable bonds is 4. The molecule has 33 heavy (non-hydrogen) atoms. The molecule has 2 aromatic carbocycles. The minimum absolute atomic E-state index is 0.0111. The van der Waals surface area contributed by atoms with Gasteiger partial charge in [-0.1, -0.05) is 17.7 Å². The molecule has 2 aliphatic rings. The molecule has 1 aliphatic heterocycles. The number of anilines is 2. The van der Waals surface area contributed by atoms with Crippen molar-refractivity contribution in [3.05, 3.63) is 58.6 Å². The summed E-state index contributed by atoms with van der Waals surface area (Å²) < 4.78 is 0. The van der Waals surface area contributed by atoms with Gasteiger partial charge in [-0.25, -0.2) is 0 Å². The predicted octanol–water partition coefficient (Wildman–Crippen LogP) is 3.27. The molecule has 5 N–H and O–H groups in total. The zero-order valence-electron chi connectivity index (χ0n) is 18.8. The van der Waals surface area contributed by atoms with Crippen molar-refractivity contribution in [1.82, 2.24) is 10.2 Å². The number of carbonyl (C=O) groups is 2. The molecule has 0 aromatic heterocycles. The van der Waals surface area contributed by atoms with E-state index in [1.54, 1.807) is 30.3 Å². The Labute approximate surface area is 200 Å². The lowest BCUT2D eigenvalue weighted by Crippen LogP contribution is -2.40.